The van der Waals surface area contributed by atoms with Gasteiger partial charge in [-0.3, -0.25) is 0 Å². The largest absolute Gasteiger partial charge is 0.310 e. The number of hydrogen-bond acceptors (Lipinski definition) is 1. The van der Waals surface area contributed by atoms with Gasteiger partial charge in [0.1, 0.15) is 0 Å². The first kappa shape index (κ1) is 30.4. The smallest absolute Gasteiger partial charge is 0.0546 e. The summed E-state index contributed by atoms with van der Waals surface area (Å²) in [5.41, 5.74) is 12.9. The van der Waals surface area contributed by atoms with E-state index in [2.05, 4.69) is 217 Å². The van der Waals surface area contributed by atoms with Crippen molar-refractivity contribution in [1.29, 1.82) is 0 Å². The molecule has 0 amide bonds. The summed E-state index contributed by atoms with van der Waals surface area (Å²) in [5.74, 6) is 0. The summed E-state index contributed by atoms with van der Waals surface area (Å²) in [7, 11) is 0. The van der Waals surface area contributed by atoms with Gasteiger partial charge >= 0.3 is 0 Å². The van der Waals surface area contributed by atoms with Crippen LogP contribution < -0.4 is 4.90 Å². The van der Waals surface area contributed by atoms with Crippen LogP contribution >= 0.6 is 0 Å². The Kier molecular flexibility index (Phi) is 7.92. The third kappa shape index (κ3) is 5.86. The van der Waals surface area contributed by atoms with Crippen molar-refractivity contribution in [2.75, 3.05) is 4.90 Å². The van der Waals surface area contributed by atoms with Crippen LogP contribution in [0.1, 0.15) is 0 Å². The second-order valence-electron chi connectivity index (χ2n) is 13.0. The van der Waals surface area contributed by atoms with Gasteiger partial charge in [0.05, 0.1) is 5.69 Å². The van der Waals surface area contributed by atoms with Crippen LogP contribution in [0, 0.1) is 0 Å². The molecular formula is C50H35N. The minimum absolute atomic E-state index is 1.10. The van der Waals surface area contributed by atoms with Gasteiger partial charge in [-0.2, -0.15) is 0 Å². The van der Waals surface area contributed by atoms with E-state index >= 15 is 0 Å². The van der Waals surface area contributed by atoms with Gasteiger partial charge in [0, 0.05) is 16.9 Å². The summed E-state index contributed by atoms with van der Waals surface area (Å²) in [4.78, 5) is 2.41. The highest BCUT2D eigenvalue weighted by molar-refractivity contribution is 6.13. The van der Waals surface area contributed by atoms with E-state index in [1.54, 1.807) is 0 Å². The molecule has 240 valence electrons. The van der Waals surface area contributed by atoms with Gasteiger partial charge in [0.25, 0.3) is 0 Å². The monoisotopic (exact) mass is 649 g/mol. The lowest BCUT2D eigenvalue weighted by Crippen LogP contribution is -2.11. The molecule has 0 spiro atoms. The number of nitrogens with zero attached hydrogens (tertiary/aromatic N) is 1. The quantitative estimate of drug-likeness (QED) is 0.155. The van der Waals surface area contributed by atoms with Gasteiger partial charge in [-0.25, -0.2) is 0 Å². The zero-order valence-corrected chi connectivity index (χ0v) is 28.2. The first-order valence-corrected chi connectivity index (χ1v) is 17.5. The summed E-state index contributed by atoms with van der Waals surface area (Å²) in [6.45, 7) is 0. The Morgan fingerprint density at radius 3 is 1.31 bits per heavy atom. The molecule has 1 nitrogen and oxygen atoms in total. The lowest BCUT2D eigenvalue weighted by Gasteiger charge is -2.29. The van der Waals surface area contributed by atoms with Crippen molar-refractivity contribution >= 4 is 38.6 Å². The number of hydrogen-bond donors (Lipinski definition) is 0. The van der Waals surface area contributed by atoms with Crippen molar-refractivity contribution in [3.05, 3.63) is 212 Å². The number of anilines is 3. The Morgan fingerprint density at radius 2 is 0.686 bits per heavy atom. The molecule has 0 aliphatic heterocycles. The van der Waals surface area contributed by atoms with Crippen molar-refractivity contribution in [3.63, 3.8) is 0 Å². The van der Waals surface area contributed by atoms with Gasteiger partial charge < -0.3 is 4.90 Å². The SMILES string of the molecule is c1ccc(-c2ccc(N(c3ccc(-c4cc5ccccc5c5ccccc45)cc3)c3cc(-c4ccccc4)ccc3-c3ccccc3)cc2)cc1. The minimum atomic E-state index is 1.10. The molecule has 1 heteroatoms. The maximum absolute atomic E-state index is 2.41. The molecule has 51 heavy (non-hydrogen) atoms. The van der Waals surface area contributed by atoms with Gasteiger partial charge in [-0.15, -0.1) is 0 Å². The van der Waals surface area contributed by atoms with Crippen molar-refractivity contribution in [2.45, 2.75) is 0 Å². The maximum Gasteiger partial charge on any atom is 0.0546 e. The molecule has 0 atom stereocenters. The third-order valence-electron chi connectivity index (χ3n) is 9.87. The molecule has 0 aliphatic carbocycles. The van der Waals surface area contributed by atoms with Crippen LogP contribution in [0.4, 0.5) is 17.1 Å². The van der Waals surface area contributed by atoms with Crippen LogP contribution in [-0.4, -0.2) is 0 Å². The zero-order valence-electron chi connectivity index (χ0n) is 28.2. The minimum Gasteiger partial charge on any atom is -0.310 e. The number of rotatable bonds is 7. The molecule has 0 saturated carbocycles. The van der Waals surface area contributed by atoms with Crippen molar-refractivity contribution in [3.8, 4) is 44.5 Å². The van der Waals surface area contributed by atoms with Gasteiger partial charge in [-0.05, 0) is 96.9 Å². The van der Waals surface area contributed by atoms with E-state index in [0.717, 1.165) is 17.1 Å². The van der Waals surface area contributed by atoms with E-state index in [9.17, 15) is 0 Å². The van der Waals surface area contributed by atoms with Crippen LogP contribution in [0.25, 0.3) is 66.1 Å². The van der Waals surface area contributed by atoms with Crippen LogP contribution in [0.3, 0.4) is 0 Å². The van der Waals surface area contributed by atoms with E-state index in [1.807, 2.05) is 0 Å². The first-order chi connectivity index (χ1) is 25.3. The predicted octanol–water partition coefficient (Wildman–Crippen LogP) is 14.1. The fourth-order valence-electron chi connectivity index (χ4n) is 7.33. The van der Waals surface area contributed by atoms with E-state index in [0.29, 0.717) is 0 Å². The van der Waals surface area contributed by atoms with Gasteiger partial charge in [0.2, 0.25) is 0 Å². The molecule has 0 unspecified atom stereocenters. The normalized spacial score (nSPS) is 11.1. The molecule has 9 rings (SSSR count). The van der Waals surface area contributed by atoms with Crippen molar-refractivity contribution in [1.82, 2.24) is 0 Å². The first-order valence-electron chi connectivity index (χ1n) is 17.5. The van der Waals surface area contributed by atoms with E-state index in [-0.39, 0.29) is 0 Å². The van der Waals surface area contributed by atoms with E-state index < -0.39 is 0 Å². The highest BCUT2D eigenvalue weighted by Gasteiger charge is 2.19. The molecular weight excluding hydrogens is 615 g/mol. The fraction of sp³-hybridized carbons (Fsp3) is 0. The van der Waals surface area contributed by atoms with Crippen molar-refractivity contribution in [2.24, 2.45) is 0 Å². The molecule has 0 fully saturated rings. The Bertz CT molecular complexity index is 2590. The second kappa shape index (κ2) is 13.3. The summed E-state index contributed by atoms with van der Waals surface area (Å²) in [6.07, 6.45) is 0. The average molecular weight is 650 g/mol. The number of benzene rings is 9. The van der Waals surface area contributed by atoms with Crippen molar-refractivity contribution < 1.29 is 0 Å². The Balaban J connectivity index is 1.23. The molecule has 9 aromatic carbocycles. The van der Waals surface area contributed by atoms with E-state index in [1.165, 1.54) is 66.1 Å². The van der Waals surface area contributed by atoms with Crippen LogP contribution in [-0.2, 0) is 0 Å². The average Bonchev–Trinajstić information content (AvgIpc) is 3.22. The molecule has 0 N–H and O–H groups in total. The van der Waals surface area contributed by atoms with Crippen LogP contribution in [0.2, 0.25) is 0 Å². The Hall–Kier alpha value is -6.70. The molecule has 0 saturated heterocycles. The standard InChI is InChI=1S/C50H35N/c1-4-14-36(15-5-1)38-24-29-43(30-25-38)51(50-35-41(37-16-6-2-7-17-37)28-33-46(50)39-18-8-3-9-19-39)44-31-26-40(27-32-44)49-34-42-20-10-11-21-45(42)47-22-12-13-23-48(47)49/h1-35H. The van der Waals surface area contributed by atoms with Crippen LogP contribution in [0.5, 0.6) is 0 Å². The lowest BCUT2D eigenvalue weighted by atomic mass is 9.93. The summed E-state index contributed by atoms with van der Waals surface area (Å²) < 4.78 is 0. The third-order valence-corrected chi connectivity index (χ3v) is 9.87. The highest BCUT2D eigenvalue weighted by atomic mass is 15.1. The molecule has 0 heterocycles. The second-order valence-corrected chi connectivity index (χ2v) is 13.0. The Labute approximate surface area is 299 Å². The Morgan fingerprint density at radius 1 is 0.255 bits per heavy atom. The topological polar surface area (TPSA) is 3.24 Å². The predicted molar refractivity (Wildman–Crippen MR) is 218 cm³/mol. The molecule has 0 radical (unpaired) electrons. The lowest BCUT2D eigenvalue weighted by molar-refractivity contribution is 1.28. The fourth-order valence-corrected chi connectivity index (χ4v) is 7.33. The molecule has 0 bridgehead atoms. The summed E-state index contributed by atoms with van der Waals surface area (Å²) >= 11 is 0. The van der Waals surface area contributed by atoms with E-state index in [4.69, 9.17) is 0 Å². The summed E-state index contributed by atoms with van der Waals surface area (Å²) in [5, 5.41) is 5.07. The molecule has 0 aromatic heterocycles. The van der Waals surface area contributed by atoms with Gasteiger partial charge in [-0.1, -0.05) is 176 Å². The number of fused-ring (bicyclic) bond motifs is 3. The van der Waals surface area contributed by atoms with Gasteiger partial charge in [0.15, 0.2) is 0 Å². The highest BCUT2D eigenvalue weighted by Crippen LogP contribution is 2.44. The van der Waals surface area contributed by atoms with Crippen LogP contribution in [0.15, 0.2) is 212 Å². The zero-order chi connectivity index (χ0) is 34.0. The molecule has 0 aliphatic rings. The maximum atomic E-state index is 2.41. The summed E-state index contributed by atoms with van der Waals surface area (Å²) in [6, 6.07) is 76.6. The molecule has 9 aromatic rings.